The number of sulfonamides is 1. The van der Waals surface area contributed by atoms with Crippen LogP contribution >= 0.6 is 27.3 Å². The van der Waals surface area contributed by atoms with Crippen LogP contribution in [0.2, 0.25) is 0 Å². The Balaban J connectivity index is 2.14. The largest absolute Gasteiger partial charge is 0.268 e. The van der Waals surface area contributed by atoms with Crippen LogP contribution in [0.25, 0.3) is 6.08 Å². The van der Waals surface area contributed by atoms with Crippen LogP contribution < -0.4 is 4.72 Å². The van der Waals surface area contributed by atoms with Crippen molar-refractivity contribution in [2.24, 2.45) is 0 Å². The van der Waals surface area contributed by atoms with E-state index in [1.807, 2.05) is 22.4 Å². The fourth-order valence-electron chi connectivity index (χ4n) is 1.56. The van der Waals surface area contributed by atoms with Gasteiger partial charge in [-0.3, -0.25) is 4.79 Å². The van der Waals surface area contributed by atoms with E-state index in [1.165, 1.54) is 17.4 Å². The maximum absolute atomic E-state index is 12.0. The van der Waals surface area contributed by atoms with Crippen LogP contribution in [0.3, 0.4) is 0 Å². The van der Waals surface area contributed by atoms with Gasteiger partial charge in [-0.05, 0) is 69.0 Å². The fourth-order valence-corrected chi connectivity index (χ4v) is 3.64. The van der Waals surface area contributed by atoms with Crippen LogP contribution in [0.5, 0.6) is 0 Å². The number of rotatable bonds is 4. The van der Waals surface area contributed by atoms with Crippen LogP contribution in [0.4, 0.5) is 0 Å². The Morgan fingerprint density at radius 2 is 2.10 bits per heavy atom. The lowest BCUT2D eigenvalue weighted by atomic mass is 10.1. The standard InChI is InChI=1S/C14H12BrNO3S2/c1-10-2-3-12(13(15)8-10)14(17)16-21(18,19)7-5-11-4-6-20-9-11/h2-9H,1H3,(H,16,17). The summed E-state index contributed by atoms with van der Waals surface area (Å²) in [6.45, 7) is 1.88. The monoisotopic (exact) mass is 385 g/mol. The molecule has 0 bridgehead atoms. The lowest BCUT2D eigenvalue weighted by Crippen LogP contribution is -2.29. The Morgan fingerprint density at radius 1 is 1.33 bits per heavy atom. The van der Waals surface area contributed by atoms with Gasteiger partial charge < -0.3 is 0 Å². The van der Waals surface area contributed by atoms with E-state index >= 15 is 0 Å². The van der Waals surface area contributed by atoms with E-state index in [1.54, 1.807) is 24.3 Å². The van der Waals surface area contributed by atoms with Crippen molar-refractivity contribution in [3.05, 3.63) is 61.6 Å². The van der Waals surface area contributed by atoms with Gasteiger partial charge in [-0.25, -0.2) is 13.1 Å². The van der Waals surface area contributed by atoms with E-state index in [0.29, 0.717) is 4.47 Å². The minimum absolute atomic E-state index is 0.271. The Kier molecular flexibility index (Phi) is 4.97. The summed E-state index contributed by atoms with van der Waals surface area (Å²) >= 11 is 4.72. The van der Waals surface area contributed by atoms with E-state index < -0.39 is 15.9 Å². The second-order valence-electron chi connectivity index (χ2n) is 4.32. The molecule has 2 aromatic rings. The molecule has 0 aliphatic carbocycles. The molecule has 21 heavy (non-hydrogen) atoms. The van der Waals surface area contributed by atoms with Crippen LogP contribution in [0, 0.1) is 6.92 Å². The third-order valence-corrected chi connectivity index (χ3v) is 4.91. The number of hydrogen-bond acceptors (Lipinski definition) is 4. The van der Waals surface area contributed by atoms with Gasteiger partial charge in [0.05, 0.1) is 11.0 Å². The van der Waals surface area contributed by atoms with Crippen molar-refractivity contribution in [2.45, 2.75) is 6.92 Å². The van der Waals surface area contributed by atoms with Crippen molar-refractivity contribution in [3.63, 3.8) is 0 Å². The first-order valence-corrected chi connectivity index (χ1v) is 9.19. The second kappa shape index (κ2) is 6.55. The summed E-state index contributed by atoms with van der Waals surface area (Å²) < 4.78 is 26.3. The zero-order chi connectivity index (χ0) is 15.5. The number of carbonyl (C=O) groups excluding carboxylic acids is 1. The van der Waals surface area contributed by atoms with Gasteiger partial charge in [0.1, 0.15) is 0 Å². The number of hydrogen-bond donors (Lipinski definition) is 1. The summed E-state index contributed by atoms with van der Waals surface area (Å²) in [6, 6.07) is 6.86. The minimum Gasteiger partial charge on any atom is -0.268 e. The molecule has 0 radical (unpaired) electrons. The summed E-state index contributed by atoms with van der Waals surface area (Å²) in [6.07, 6.45) is 1.44. The van der Waals surface area contributed by atoms with Crippen LogP contribution in [0.15, 0.2) is 44.9 Å². The number of thiophene rings is 1. The van der Waals surface area contributed by atoms with Crippen LogP contribution in [-0.2, 0) is 10.0 Å². The molecule has 0 atom stereocenters. The Morgan fingerprint density at radius 3 is 2.71 bits per heavy atom. The molecule has 7 heteroatoms. The molecule has 4 nitrogen and oxygen atoms in total. The molecular formula is C14H12BrNO3S2. The first-order valence-electron chi connectivity index (χ1n) is 5.91. The lowest BCUT2D eigenvalue weighted by molar-refractivity contribution is 0.0981. The Bertz CT molecular complexity index is 781. The van der Waals surface area contributed by atoms with Gasteiger partial charge in [0.15, 0.2) is 0 Å². The summed E-state index contributed by atoms with van der Waals surface area (Å²) in [5.41, 5.74) is 2.01. The average molecular weight is 386 g/mol. The molecule has 0 spiro atoms. The SMILES string of the molecule is Cc1ccc(C(=O)NS(=O)(=O)C=Cc2ccsc2)c(Br)c1. The third-order valence-electron chi connectivity index (χ3n) is 2.59. The maximum atomic E-state index is 12.0. The van der Waals surface area contributed by atoms with Gasteiger partial charge in [-0.2, -0.15) is 11.3 Å². The molecule has 1 aromatic heterocycles. The first-order chi connectivity index (χ1) is 9.87. The molecular weight excluding hydrogens is 374 g/mol. The smallest absolute Gasteiger partial charge is 0.266 e. The highest BCUT2D eigenvalue weighted by molar-refractivity contribution is 9.10. The van der Waals surface area contributed by atoms with E-state index in [9.17, 15) is 13.2 Å². The summed E-state index contributed by atoms with van der Waals surface area (Å²) in [5, 5.41) is 4.63. The van der Waals surface area contributed by atoms with Gasteiger partial charge in [-0.1, -0.05) is 6.07 Å². The van der Waals surface area contributed by atoms with Gasteiger partial charge in [0.2, 0.25) is 0 Å². The summed E-state index contributed by atoms with van der Waals surface area (Å²) in [5.74, 6) is -0.670. The predicted molar refractivity (Wildman–Crippen MR) is 88.6 cm³/mol. The number of amides is 1. The predicted octanol–water partition coefficient (Wildman–Crippen LogP) is 3.55. The van der Waals surface area contributed by atoms with E-state index in [4.69, 9.17) is 0 Å². The molecule has 110 valence electrons. The van der Waals surface area contributed by atoms with E-state index in [0.717, 1.165) is 16.5 Å². The van der Waals surface area contributed by atoms with Gasteiger partial charge in [0, 0.05) is 4.47 Å². The number of halogens is 1. The van der Waals surface area contributed by atoms with E-state index in [-0.39, 0.29) is 5.56 Å². The highest BCUT2D eigenvalue weighted by atomic mass is 79.9. The molecule has 1 heterocycles. The van der Waals surface area contributed by atoms with Gasteiger partial charge in [-0.15, -0.1) is 0 Å². The van der Waals surface area contributed by atoms with Gasteiger partial charge in [0.25, 0.3) is 15.9 Å². The van der Waals surface area contributed by atoms with Crippen molar-refractivity contribution < 1.29 is 13.2 Å². The molecule has 1 aromatic carbocycles. The quantitative estimate of drug-likeness (QED) is 0.874. The molecule has 0 saturated heterocycles. The van der Waals surface area contributed by atoms with Crippen molar-refractivity contribution in [2.75, 3.05) is 0 Å². The Labute approximate surface area is 135 Å². The number of benzene rings is 1. The zero-order valence-electron chi connectivity index (χ0n) is 11.0. The summed E-state index contributed by atoms with van der Waals surface area (Å²) in [4.78, 5) is 12.0. The topological polar surface area (TPSA) is 63.2 Å². The molecule has 0 aliphatic rings. The minimum atomic E-state index is -3.83. The number of nitrogens with one attached hydrogen (secondary N) is 1. The van der Waals surface area contributed by atoms with Crippen molar-refractivity contribution in [3.8, 4) is 0 Å². The highest BCUT2D eigenvalue weighted by Gasteiger charge is 2.15. The molecule has 2 rings (SSSR count). The van der Waals surface area contributed by atoms with Gasteiger partial charge >= 0.3 is 0 Å². The first kappa shape index (κ1) is 15.9. The Hall–Kier alpha value is -1.44. The summed E-state index contributed by atoms with van der Waals surface area (Å²) in [7, 11) is -3.83. The molecule has 1 N–H and O–H groups in total. The molecule has 0 fully saturated rings. The van der Waals surface area contributed by atoms with Crippen molar-refractivity contribution >= 4 is 49.3 Å². The molecule has 0 aliphatic heterocycles. The average Bonchev–Trinajstić information content (AvgIpc) is 2.88. The third kappa shape index (κ3) is 4.52. The second-order valence-corrected chi connectivity index (χ2v) is 7.52. The van der Waals surface area contributed by atoms with Crippen LogP contribution in [-0.4, -0.2) is 14.3 Å². The molecule has 0 saturated carbocycles. The van der Waals surface area contributed by atoms with Crippen molar-refractivity contribution in [1.29, 1.82) is 0 Å². The molecule has 1 amide bonds. The lowest BCUT2D eigenvalue weighted by Gasteiger charge is -2.06. The fraction of sp³-hybridized carbons (Fsp3) is 0.0714. The molecule has 0 unspecified atom stereocenters. The van der Waals surface area contributed by atoms with E-state index in [2.05, 4.69) is 15.9 Å². The zero-order valence-corrected chi connectivity index (χ0v) is 14.3. The maximum Gasteiger partial charge on any atom is 0.266 e. The van der Waals surface area contributed by atoms with Crippen molar-refractivity contribution in [1.82, 2.24) is 4.72 Å². The normalized spacial score (nSPS) is 11.7. The van der Waals surface area contributed by atoms with Crippen LogP contribution in [0.1, 0.15) is 21.5 Å². The number of carbonyl (C=O) groups is 1. The highest BCUT2D eigenvalue weighted by Crippen LogP contribution is 2.18. The number of aryl methyl sites for hydroxylation is 1.